The van der Waals surface area contributed by atoms with Crippen molar-refractivity contribution in [1.82, 2.24) is 5.32 Å². The van der Waals surface area contributed by atoms with Gasteiger partial charge in [-0.25, -0.2) is 0 Å². The van der Waals surface area contributed by atoms with Crippen LogP contribution in [0, 0.1) is 11.3 Å². The second kappa shape index (κ2) is 7.03. The maximum Gasteiger partial charge on any atom is 0.174 e. The molecule has 1 aromatic carbocycles. The van der Waals surface area contributed by atoms with E-state index in [-0.39, 0.29) is 12.1 Å². The fourth-order valence-electron chi connectivity index (χ4n) is 1.71. The van der Waals surface area contributed by atoms with E-state index in [1.54, 1.807) is 0 Å². The first-order chi connectivity index (χ1) is 8.65. The lowest BCUT2D eigenvalue weighted by Crippen LogP contribution is -2.40. The predicted molar refractivity (Wildman–Crippen MR) is 73.4 cm³/mol. The molecule has 0 aliphatic carbocycles. The van der Waals surface area contributed by atoms with E-state index in [1.165, 1.54) is 0 Å². The van der Waals surface area contributed by atoms with Crippen molar-refractivity contribution in [2.75, 3.05) is 6.61 Å². The molecule has 18 heavy (non-hydrogen) atoms. The average molecular weight is 246 g/mol. The summed E-state index contributed by atoms with van der Waals surface area (Å²) >= 11 is 0. The Labute approximate surface area is 110 Å². The van der Waals surface area contributed by atoms with E-state index in [1.807, 2.05) is 30.3 Å². The molecule has 1 aromatic rings. The topological polar surface area (TPSA) is 45.0 Å². The van der Waals surface area contributed by atoms with E-state index >= 15 is 0 Å². The van der Waals surface area contributed by atoms with Crippen LogP contribution in [-0.2, 0) is 6.54 Å². The van der Waals surface area contributed by atoms with Crippen LogP contribution in [0.1, 0.15) is 39.2 Å². The molecule has 0 saturated carbocycles. The molecule has 3 heteroatoms. The third-order valence-corrected chi connectivity index (χ3v) is 3.53. The molecule has 3 nitrogen and oxygen atoms in total. The summed E-state index contributed by atoms with van der Waals surface area (Å²) in [5.41, 5.74) is 1.25. The Kier molecular flexibility index (Phi) is 5.67. The lowest BCUT2D eigenvalue weighted by molar-refractivity contribution is 0.321. The first-order valence-electron chi connectivity index (χ1n) is 6.48. The van der Waals surface area contributed by atoms with Crippen LogP contribution in [0.2, 0.25) is 0 Å². The molecule has 0 radical (unpaired) electrons. The fourth-order valence-corrected chi connectivity index (χ4v) is 1.71. The van der Waals surface area contributed by atoms with Gasteiger partial charge in [0, 0.05) is 17.6 Å². The van der Waals surface area contributed by atoms with Crippen molar-refractivity contribution in [3.63, 3.8) is 0 Å². The van der Waals surface area contributed by atoms with Crippen LogP contribution in [0.3, 0.4) is 0 Å². The van der Waals surface area contributed by atoms with Gasteiger partial charge in [-0.2, -0.15) is 5.26 Å². The van der Waals surface area contributed by atoms with Gasteiger partial charge in [0.1, 0.15) is 11.8 Å². The maximum atomic E-state index is 8.56. The van der Waals surface area contributed by atoms with Gasteiger partial charge in [0.15, 0.2) is 6.61 Å². The normalized spacial score (nSPS) is 11.0. The lowest BCUT2D eigenvalue weighted by Gasteiger charge is -2.28. The largest absolute Gasteiger partial charge is 0.478 e. The van der Waals surface area contributed by atoms with Crippen molar-refractivity contribution in [1.29, 1.82) is 5.26 Å². The molecule has 0 fully saturated rings. The predicted octanol–water partition coefficient (Wildman–Crippen LogP) is 3.26. The highest BCUT2D eigenvalue weighted by molar-refractivity contribution is 5.33. The Morgan fingerprint density at radius 3 is 2.56 bits per heavy atom. The summed E-state index contributed by atoms with van der Waals surface area (Å²) in [6, 6.07) is 9.85. The molecule has 1 N–H and O–H groups in total. The minimum Gasteiger partial charge on any atom is -0.478 e. The SMILES string of the molecule is CCC(C)(CC)NCc1ccccc1OCC#N. The molecule has 0 aliphatic rings. The monoisotopic (exact) mass is 246 g/mol. The fraction of sp³-hybridized carbons (Fsp3) is 0.533. The van der Waals surface area contributed by atoms with Crippen LogP contribution >= 0.6 is 0 Å². The standard InChI is InChI=1S/C15H22N2O/c1-4-15(3,5-2)17-12-13-8-6-7-9-14(13)18-11-10-16/h6-9,17H,4-5,11-12H2,1-3H3. The van der Waals surface area contributed by atoms with Gasteiger partial charge in [-0.3, -0.25) is 0 Å². The first-order valence-corrected chi connectivity index (χ1v) is 6.48. The van der Waals surface area contributed by atoms with E-state index in [4.69, 9.17) is 10.00 Å². The molecule has 0 heterocycles. The minimum absolute atomic E-state index is 0.0931. The van der Waals surface area contributed by atoms with Gasteiger partial charge in [-0.1, -0.05) is 32.0 Å². The van der Waals surface area contributed by atoms with E-state index in [2.05, 4.69) is 26.1 Å². The van der Waals surface area contributed by atoms with E-state index in [0.717, 1.165) is 30.7 Å². The number of hydrogen-bond acceptors (Lipinski definition) is 3. The Balaban J connectivity index is 2.69. The molecule has 0 aromatic heterocycles. The van der Waals surface area contributed by atoms with Crippen LogP contribution in [-0.4, -0.2) is 12.1 Å². The summed E-state index contributed by atoms with van der Waals surface area (Å²) in [6.07, 6.45) is 2.18. The van der Waals surface area contributed by atoms with Crippen LogP contribution < -0.4 is 10.1 Å². The van der Waals surface area contributed by atoms with Crippen molar-refractivity contribution < 1.29 is 4.74 Å². The first kappa shape index (κ1) is 14.5. The Hall–Kier alpha value is -1.53. The van der Waals surface area contributed by atoms with E-state index in [0.29, 0.717) is 0 Å². The molecular formula is C15H22N2O. The van der Waals surface area contributed by atoms with Gasteiger partial charge < -0.3 is 10.1 Å². The van der Waals surface area contributed by atoms with Crippen molar-refractivity contribution in [3.05, 3.63) is 29.8 Å². The summed E-state index contributed by atoms with van der Waals surface area (Å²) in [4.78, 5) is 0. The summed E-state index contributed by atoms with van der Waals surface area (Å²) < 4.78 is 5.42. The zero-order valence-corrected chi connectivity index (χ0v) is 11.5. The molecule has 98 valence electrons. The minimum atomic E-state index is 0.0931. The zero-order valence-electron chi connectivity index (χ0n) is 11.5. The Morgan fingerprint density at radius 2 is 1.94 bits per heavy atom. The van der Waals surface area contributed by atoms with Gasteiger partial charge in [0.2, 0.25) is 0 Å². The molecule has 0 amide bonds. The number of ether oxygens (including phenoxy) is 1. The molecular weight excluding hydrogens is 224 g/mol. The van der Waals surface area contributed by atoms with Crippen LogP contribution in [0.5, 0.6) is 5.75 Å². The highest BCUT2D eigenvalue weighted by Crippen LogP contribution is 2.20. The zero-order chi connectivity index (χ0) is 13.4. The molecule has 1 rings (SSSR count). The summed E-state index contributed by atoms with van der Waals surface area (Å²) in [6.45, 7) is 7.46. The van der Waals surface area contributed by atoms with Crippen molar-refractivity contribution in [2.45, 2.75) is 45.7 Å². The Bertz CT molecular complexity index is 405. The van der Waals surface area contributed by atoms with Gasteiger partial charge >= 0.3 is 0 Å². The Morgan fingerprint density at radius 1 is 1.28 bits per heavy atom. The quantitative estimate of drug-likeness (QED) is 0.803. The molecule has 0 bridgehead atoms. The van der Waals surface area contributed by atoms with Crippen LogP contribution in [0.15, 0.2) is 24.3 Å². The third-order valence-electron chi connectivity index (χ3n) is 3.53. The van der Waals surface area contributed by atoms with Crippen molar-refractivity contribution in [3.8, 4) is 11.8 Å². The molecule has 0 unspecified atom stereocenters. The second-order valence-corrected chi connectivity index (χ2v) is 4.68. The van der Waals surface area contributed by atoms with Crippen molar-refractivity contribution >= 4 is 0 Å². The van der Waals surface area contributed by atoms with Gasteiger partial charge in [0.05, 0.1) is 0 Å². The maximum absolute atomic E-state index is 8.56. The third kappa shape index (κ3) is 4.05. The highest BCUT2D eigenvalue weighted by atomic mass is 16.5. The number of benzene rings is 1. The van der Waals surface area contributed by atoms with E-state index in [9.17, 15) is 0 Å². The van der Waals surface area contributed by atoms with E-state index < -0.39 is 0 Å². The number of nitrogens with zero attached hydrogens (tertiary/aromatic N) is 1. The smallest absolute Gasteiger partial charge is 0.174 e. The number of nitrogens with one attached hydrogen (secondary N) is 1. The summed E-state index contributed by atoms with van der Waals surface area (Å²) in [5.74, 6) is 0.793. The number of para-hydroxylation sites is 1. The van der Waals surface area contributed by atoms with Crippen LogP contribution in [0.25, 0.3) is 0 Å². The van der Waals surface area contributed by atoms with Crippen LogP contribution in [0.4, 0.5) is 0 Å². The number of hydrogen-bond donors (Lipinski definition) is 1. The summed E-state index contributed by atoms with van der Waals surface area (Å²) in [7, 11) is 0. The molecule has 0 saturated heterocycles. The second-order valence-electron chi connectivity index (χ2n) is 4.68. The van der Waals surface area contributed by atoms with Gasteiger partial charge in [-0.05, 0) is 25.8 Å². The molecule has 0 spiro atoms. The number of nitriles is 1. The molecule has 0 aliphatic heterocycles. The highest BCUT2D eigenvalue weighted by Gasteiger charge is 2.18. The molecule has 0 atom stereocenters. The lowest BCUT2D eigenvalue weighted by atomic mass is 9.95. The summed E-state index contributed by atoms with van der Waals surface area (Å²) in [5, 5.41) is 12.1. The van der Waals surface area contributed by atoms with Crippen molar-refractivity contribution in [2.24, 2.45) is 0 Å². The van der Waals surface area contributed by atoms with Gasteiger partial charge in [0.25, 0.3) is 0 Å². The average Bonchev–Trinajstić information content (AvgIpc) is 2.43. The van der Waals surface area contributed by atoms with Gasteiger partial charge in [-0.15, -0.1) is 0 Å². The number of rotatable bonds is 7.